The van der Waals surface area contributed by atoms with Crippen LogP contribution in [0.3, 0.4) is 0 Å². The number of nitrogens with zero attached hydrogens (tertiary/aromatic N) is 1. The molecule has 0 bridgehead atoms. The average Bonchev–Trinajstić information content (AvgIpc) is 2.44. The highest BCUT2D eigenvalue weighted by Gasteiger charge is 2.14. The molecular weight excluding hydrogens is 254 g/mol. The van der Waals surface area contributed by atoms with E-state index in [4.69, 9.17) is 4.74 Å². The zero-order valence-electron chi connectivity index (χ0n) is 11.4. The minimum absolute atomic E-state index is 0.0234. The van der Waals surface area contributed by atoms with Crippen molar-refractivity contribution >= 4 is 5.69 Å². The van der Waals surface area contributed by atoms with Gasteiger partial charge in [0.15, 0.2) is 5.75 Å². The topological polar surface area (TPSA) is 52.4 Å². The molecule has 0 amide bonds. The molecular formula is C16H17NO3. The quantitative estimate of drug-likeness (QED) is 0.454. The number of rotatable bonds is 6. The number of benzene rings is 2. The minimum Gasteiger partial charge on any atom is -0.487 e. The van der Waals surface area contributed by atoms with Crippen LogP contribution in [0.25, 0.3) is 0 Å². The summed E-state index contributed by atoms with van der Waals surface area (Å²) in [6, 6.07) is 15.0. The van der Waals surface area contributed by atoms with Gasteiger partial charge in [0.1, 0.15) is 0 Å². The Hall–Kier alpha value is -2.36. The van der Waals surface area contributed by atoms with E-state index in [-0.39, 0.29) is 5.69 Å². The van der Waals surface area contributed by atoms with Gasteiger partial charge < -0.3 is 4.74 Å². The van der Waals surface area contributed by atoms with Crippen LogP contribution in [0.15, 0.2) is 48.5 Å². The Balaban J connectivity index is 1.91. The summed E-state index contributed by atoms with van der Waals surface area (Å²) in [5.41, 5.74) is 2.22. The molecule has 0 aliphatic rings. The lowest BCUT2D eigenvalue weighted by Gasteiger charge is -2.07. The Kier molecular flexibility index (Phi) is 4.71. The van der Waals surface area contributed by atoms with E-state index >= 15 is 0 Å². The molecule has 4 heteroatoms. The molecule has 0 atom stereocenters. The molecule has 0 heterocycles. The number of hydrogen-bond donors (Lipinski definition) is 0. The summed E-state index contributed by atoms with van der Waals surface area (Å²) in [7, 11) is 0. The maximum atomic E-state index is 10.9. The third-order valence-corrected chi connectivity index (χ3v) is 3.02. The molecule has 104 valence electrons. The second-order valence-corrected chi connectivity index (χ2v) is 4.67. The van der Waals surface area contributed by atoms with E-state index in [1.165, 1.54) is 11.6 Å². The Morgan fingerprint density at radius 3 is 2.60 bits per heavy atom. The van der Waals surface area contributed by atoms with Crippen LogP contribution in [-0.4, -0.2) is 11.5 Å². The second kappa shape index (κ2) is 6.70. The summed E-state index contributed by atoms with van der Waals surface area (Å²) in [5, 5.41) is 10.9. The van der Waals surface area contributed by atoms with Gasteiger partial charge in [0.05, 0.1) is 11.5 Å². The van der Waals surface area contributed by atoms with Gasteiger partial charge in [-0.3, -0.25) is 10.1 Å². The molecule has 0 saturated carbocycles. The molecule has 2 rings (SSSR count). The first-order valence-corrected chi connectivity index (χ1v) is 6.58. The van der Waals surface area contributed by atoms with Crippen molar-refractivity contribution in [1.29, 1.82) is 0 Å². The van der Waals surface area contributed by atoms with Crippen molar-refractivity contribution in [2.75, 3.05) is 6.61 Å². The molecule has 0 fully saturated rings. The van der Waals surface area contributed by atoms with Gasteiger partial charge >= 0.3 is 5.69 Å². The highest BCUT2D eigenvalue weighted by atomic mass is 16.6. The Bertz CT molecular complexity index is 582. The third kappa shape index (κ3) is 3.82. The number of nitro benzene ring substituents is 1. The fourth-order valence-corrected chi connectivity index (χ4v) is 1.99. The standard InChI is InChI=1S/C16H17NO3/c1-13-9-10-15(17(18)19)16(12-13)20-11-5-8-14-6-3-2-4-7-14/h2-4,6-7,9-10,12H,5,8,11H2,1H3. The fraction of sp³-hybridized carbons (Fsp3) is 0.250. The summed E-state index contributed by atoms with van der Waals surface area (Å²) in [6.45, 7) is 2.36. The highest BCUT2D eigenvalue weighted by Crippen LogP contribution is 2.27. The highest BCUT2D eigenvalue weighted by molar-refractivity contribution is 5.48. The molecule has 0 N–H and O–H groups in total. The van der Waals surface area contributed by atoms with Gasteiger partial charge in [-0.2, -0.15) is 0 Å². The van der Waals surface area contributed by atoms with Crippen LogP contribution in [-0.2, 0) is 6.42 Å². The maximum absolute atomic E-state index is 10.9. The molecule has 2 aromatic carbocycles. The number of hydrogen-bond acceptors (Lipinski definition) is 3. The second-order valence-electron chi connectivity index (χ2n) is 4.67. The lowest BCUT2D eigenvalue weighted by molar-refractivity contribution is -0.385. The molecule has 0 saturated heterocycles. The minimum atomic E-state index is -0.411. The van der Waals surface area contributed by atoms with Crippen LogP contribution in [0.4, 0.5) is 5.69 Å². The number of nitro groups is 1. The summed E-state index contributed by atoms with van der Waals surface area (Å²) < 4.78 is 5.56. The summed E-state index contributed by atoms with van der Waals surface area (Å²) in [6.07, 6.45) is 1.73. The molecule has 0 aliphatic carbocycles. The van der Waals surface area contributed by atoms with E-state index in [9.17, 15) is 10.1 Å². The van der Waals surface area contributed by atoms with Crippen molar-refractivity contribution in [2.24, 2.45) is 0 Å². The molecule has 4 nitrogen and oxygen atoms in total. The SMILES string of the molecule is Cc1ccc([N+](=O)[O-])c(OCCCc2ccccc2)c1. The predicted octanol–water partition coefficient (Wildman–Crippen LogP) is 3.91. The van der Waals surface area contributed by atoms with Gasteiger partial charge in [-0.25, -0.2) is 0 Å². The molecule has 0 radical (unpaired) electrons. The monoisotopic (exact) mass is 271 g/mol. The van der Waals surface area contributed by atoms with Crippen molar-refractivity contribution in [2.45, 2.75) is 19.8 Å². The fourth-order valence-electron chi connectivity index (χ4n) is 1.99. The summed E-state index contributed by atoms with van der Waals surface area (Å²) in [4.78, 5) is 10.5. The van der Waals surface area contributed by atoms with E-state index < -0.39 is 4.92 Å². The van der Waals surface area contributed by atoms with Crippen molar-refractivity contribution in [1.82, 2.24) is 0 Å². The van der Waals surface area contributed by atoms with Crippen molar-refractivity contribution in [3.05, 3.63) is 69.8 Å². The van der Waals surface area contributed by atoms with Gasteiger partial charge in [0, 0.05) is 6.07 Å². The lowest BCUT2D eigenvalue weighted by atomic mass is 10.1. The third-order valence-electron chi connectivity index (χ3n) is 3.02. The number of aryl methyl sites for hydroxylation is 2. The van der Waals surface area contributed by atoms with Crippen LogP contribution in [0.5, 0.6) is 5.75 Å². The van der Waals surface area contributed by atoms with Crippen molar-refractivity contribution < 1.29 is 9.66 Å². The predicted molar refractivity (Wildman–Crippen MR) is 78.1 cm³/mol. The van der Waals surface area contributed by atoms with Crippen LogP contribution in [0, 0.1) is 17.0 Å². The zero-order valence-corrected chi connectivity index (χ0v) is 11.4. The van der Waals surface area contributed by atoms with Gasteiger partial charge in [0.2, 0.25) is 0 Å². The van der Waals surface area contributed by atoms with E-state index in [0.717, 1.165) is 18.4 Å². The smallest absolute Gasteiger partial charge is 0.310 e. The normalized spacial score (nSPS) is 10.2. The Morgan fingerprint density at radius 2 is 1.90 bits per heavy atom. The molecule has 0 aromatic heterocycles. The van der Waals surface area contributed by atoms with Crippen LogP contribution < -0.4 is 4.74 Å². The Labute approximate surface area is 118 Å². The zero-order chi connectivity index (χ0) is 14.4. The van der Waals surface area contributed by atoms with Crippen LogP contribution in [0.1, 0.15) is 17.5 Å². The van der Waals surface area contributed by atoms with Gasteiger partial charge in [-0.1, -0.05) is 36.4 Å². The first-order chi connectivity index (χ1) is 9.66. The van der Waals surface area contributed by atoms with Gasteiger partial charge in [-0.05, 0) is 37.0 Å². The number of ether oxygens (including phenoxy) is 1. The van der Waals surface area contributed by atoms with Crippen molar-refractivity contribution in [3.8, 4) is 5.75 Å². The van der Waals surface area contributed by atoms with Crippen LogP contribution >= 0.6 is 0 Å². The first kappa shape index (κ1) is 14.1. The molecule has 0 spiro atoms. The van der Waals surface area contributed by atoms with Crippen LogP contribution in [0.2, 0.25) is 0 Å². The largest absolute Gasteiger partial charge is 0.487 e. The van der Waals surface area contributed by atoms with E-state index in [0.29, 0.717) is 12.4 Å². The van der Waals surface area contributed by atoms with Gasteiger partial charge in [-0.15, -0.1) is 0 Å². The van der Waals surface area contributed by atoms with E-state index in [2.05, 4.69) is 12.1 Å². The maximum Gasteiger partial charge on any atom is 0.310 e. The Morgan fingerprint density at radius 1 is 1.15 bits per heavy atom. The molecule has 20 heavy (non-hydrogen) atoms. The lowest BCUT2D eigenvalue weighted by Crippen LogP contribution is -2.02. The molecule has 0 unspecified atom stereocenters. The first-order valence-electron chi connectivity index (χ1n) is 6.58. The van der Waals surface area contributed by atoms with E-state index in [1.54, 1.807) is 12.1 Å². The molecule has 0 aliphatic heterocycles. The van der Waals surface area contributed by atoms with E-state index in [1.807, 2.05) is 25.1 Å². The van der Waals surface area contributed by atoms with Gasteiger partial charge in [0.25, 0.3) is 0 Å². The molecule has 2 aromatic rings. The summed E-state index contributed by atoms with van der Waals surface area (Å²) >= 11 is 0. The summed E-state index contributed by atoms with van der Waals surface area (Å²) in [5.74, 6) is 0.350. The average molecular weight is 271 g/mol. The van der Waals surface area contributed by atoms with Crippen molar-refractivity contribution in [3.63, 3.8) is 0 Å².